The molecule has 4 fully saturated rings. The van der Waals surface area contributed by atoms with Crippen LogP contribution in [0, 0.1) is 40.4 Å². The Morgan fingerprint density at radius 1 is 1.00 bits per heavy atom. The largest absolute Gasteiger partial charge is 0.393 e. The Labute approximate surface area is 195 Å². The molecule has 4 saturated carbocycles. The van der Waals surface area contributed by atoms with Crippen LogP contribution in [0.5, 0.6) is 0 Å². The van der Waals surface area contributed by atoms with E-state index in [1.165, 1.54) is 51.4 Å². The van der Waals surface area contributed by atoms with Gasteiger partial charge in [-0.1, -0.05) is 46.0 Å². The van der Waals surface area contributed by atoms with E-state index in [0.29, 0.717) is 29.5 Å². The molecule has 4 aliphatic carbocycles. The molecule has 0 unspecified atom stereocenters. The third-order valence-corrected chi connectivity index (χ3v) is 10.9. The summed E-state index contributed by atoms with van der Waals surface area (Å²) < 4.78 is 0. The topological polar surface area (TPSA) is 66.4 Å². The number of Topliss-reactive ketones (excluding diaryl/α,β-unsaturated/α-hetero) is 1. The molecule has 0 radical (unpaired) electrons. The maximum absolute atomic E-state index is 12.4. The van der Waals surface area contributed by atoms with E-state index in [2.05, 4.69) is 19.2 Å². The molecule has 8 atom stereocenters. The van der Waals surface area contributed by atoms with Crippen molar-refractivity contribution >= 4 is 11.7 Å². The van der Waals surface area contributed by atoms with Gasteiger partial charge in [-0.05, 0) is 85.4 Å². The molecule has 32 heavy (non-hydrogen) atoms. The van der Waals surface area contributed by atoms with Crippen LogP contribution in [-0.4, -0.2) is 29.9 Å². The minimum atomic E-state index is -0.118. The lowest BCUT2D eigenvalue weighted by molar-refractivity contribution is -0.156. The minimum absolute atomic E-state index is 0.118. The first-order chi connectivity index (χ1) is 15.3. The number of aliphatic hydroxyl groups excluding tert-OH is 1. The first-order valence-electron chi connectivity index (χ1n) is 13.7. The van der Waals surface area contributed by atoms with Gasteiger partial charge in [0.2, 0.25) is 5.91 Å². The van der Waals surface area contributed by atoms with Gasteiger partial charge in [-0.3, -0.25) is 9.59 Å². The fraction of sp³-hybridized carbons (Fsp3) is 0.929. The van der Waals surface area contributed by atoms with Gasteiger partial charge < -0.3 is 10.4 Å². The summed E-state index contributed by atoms with van der Waals surface area (Å²) in [5.41, 5.74) is 0.455. The Morgan fingerprint density at radius 3 is 2.50 bits per heavy atom. The molecule has 182 valence electrons. The zero-order chi connectivity index (χ0) is 22.9. The van der Waals surface area contributed by atoms with Crippen molar-refractivity contribution in [3.8, 4) is 0 Å². The summed E-state index contributed by atoms with van der Waals surface area (Å²) >= 11 is 0. The zero-order valence-corrected chi connectivity index (χ0v) is 20.8. The van der Waals surface area contributed by atoms with E-state index in [0.717, 1.165) is 56.3 Å². The lowest BCUT2D eigenvalue weighted by Crippen LogP contribution is -2.57. The van der Waals surface area contributed by atoms with Crippen molar-refractivity contribution in [2.45, 2.75) is 116 Å². The van der Waals surface area contributed by atoms with Crippen molar-refractivity contribution in [1.29, 1.82) is 0 Å². The van der Waals surface area contributed by atoms with Gasteiger partial charge in [0.1, 0.15) is 5.78 Å². The normalized spacial score (nSPS) is 43.3. The van der Waals surface area contributed by atoms with Gasteiger partial charge in [0, 0.05) is 26.3 Å². The number of fused-ring (bicyclic) bond motifs is 5. The van der Waals surface area contributed by atoms with Crippen molar-refractivity contribution in [2.75, 3.05) is 7.05 Å². The third-order valence-electron chi connectivity index (χ3n) is 10.9. The number of carbonyl (C=O) groups excluding carboxylic acids is 2. The summed E-state index contributed by atoms with van der Waals surface area (Å²) in [6.45, 7) is 4.91. The Balaban J connectivity index is 1.41. The first kappa shape index (κ1) is 24.2. The maximum Gasteiger partial charge on any atom is 0.219 e. The Hall–Kier alpha value is -0.900. The second-order valence-corrected chi connectivity index (χ2v) is 12.3. The Bertz CT molecular complexity index is 692. The number of nitrogens with one attached hydrogen (secondary N) is 1. The highest BCUT2D eigenvalue weighted by atomic mass is 16.3. The molecule has 0 saturated heterocycles. The molecule has 4 aliphatic rings. The lowest BCUT2D eigenvalue weighted by Gasteiger charge is -2.62. The number of unbranched alkanes of at least 4 members (excludes halogenated alkanes) is 4. The van der Waals surface area contributed by atoms with Crippen LogP contribution in [-0.2, 0) is 9.59 Å². The smallest absolute Gasteiger partial charge is 0.219 e. The molecule has 0 aliphatic heterocycles. The van der Waals surface area contributed by atoms with E-state index >= 15 is 0 Å². The summed E-state index contributed by atoms with van der Waals surface area (Å²) in [4.78, 5) is 23.8. The van der Waals surface area contributed by atoms with Crippen molar-refractivity contribution in [1.82, 2.24) is 5.32 Å². The molecule has 1 amide bonds. The van der Waals surface area contributed by atoms with Gasteiger partial charge in [0.25, 0.3) is 0 Å². The predicted octanol–water partition coefficient (Wildman–Crippen LogP) is 5.66. The number of hydrogen-bond acceptors (Lipinski definition) is 3. The molecule has 4 rings (SSSR count). The van der Waals surface area contributed by atoms with Crippen LogP contribution in [0.2, 0.25) is 0 Å². The number of amides is 1. The van der Waals surface area contributed by atoms with Crippen LogP contribution in [0.4, 0.5) is 0 Å². The highest BCUT2D eigenvalue weighted by Crippen LogP contribution is 2.67. The van der Waals surface area contributed by atoms with Gasteiger partial charge in [-0.15, -0.1) is 0 Å². The first-order valence-corrected chi connectivity index (χ1v) is 13.7. The number of carbonyl (C=O) groups is 2. The second-order valence-electron chi connectivity index (χ2n) is 12.3. The van der Waals surface area contributed by atoms with Gasteiger partial charge in [-0.25, -0.2) is 0 Å². The fourth-order valence-electron chi connectivity index (χ4n) is 8.84. The monoisotopic (exact) mass is 445 g/mol. The Kier molecular flexibility index (Phi) is 7.39. The standard InChI is InChI=1S/C28H47NO3/c1-27-15-13-21(30)18-20(27)17-19(9-7-5-4-6-8-10-25(32)29-3)26-22-11-12-24(31)28(22,2)16-14-23(26)27/h19-20,22-24,26,31H,4-18H2,1-3H3,(H,29,32)/t19-,20+,22+,23+,24+,26+,27+,28+/m1/s1. The third kappa shape index (κ3) is 4.42. The number of ketones is 1. The number of hydrogen-bond donors (Lipinski definition) is 2. The summed E-state index contributed by atoms with van der Waals surface area (Å²) in [6.07, 6.45) is 16.3. The SMILES string of the molecule is CNC(=O)CCCCCCC[C@@H]1C[C@H]2CC(=O)CC[C@]2(C)[C@H]2CC[C@]3(C)[C@@H](O)CC[C@H]3[C@H]12. The van der Waals surface area contributed by atoms with Crippen molar-refractivity contribution in [3.63, 3.8) is 0 Å². The van der Waals surface area contributed by atoms with Crippen LogP contribution in [0.25, 0.3) is 0 Å². The van der Waals surface area contributed by atoms with E-state index in [4.69, 9.17) is 0 Å². The van der Waals surface area contributed by atoms with Gasteiger partial charge in [0.15, 0.2) is 0 Å². The van der Waals surface area contributed by atoms with E-state index in [-0.39, 0.29) is 17.4 Å². The summed E-state index contributed by atoms with van der Waals surface area (Å²) in [7, 11) is 1.71. The zero-order valence-electron chi connectivity index (χ0n) is 20.8. The molecular weight excluding hydrogens is 398 g/mol. The molecular formula is C28H47NO3. The highest BCUT2D eigenvalue weighted by molar-refractivity contribution is 5.79. The van der Waals surface area contributed by atoms with Gasteiger partial charge >= 0.3 is 0 Å². The van der Waals surface area contributed by atoms with Crippen molar-refractivity contribution in [2.24, 2.45) is 40.4 Å². The molecule has 0 aromatic carbocycles. The maximum atomic E-state index is 12.4. The Morgan fingerprint density at radius 2 is 1.72 bits per heavy atom. The molecule has 0 aromatic rings. The molecule has 0 spiro atoms. The van der Waals surface area contributed by atoms with Crippen molar-refractivity contribution in [3.05, 3.63) is 0 Å². The molecule has 4 nitrogen and oxygen atoms in total. The van der Waals surface area contributed by atoms with Crippen LogP contribution >= 0.6 is 0 Å². The second kappa shape index (κ2) is 9.76. The van der Waals surface area contributed by atoms with E-state index in [1.807, 2.05) is 0 Å². The molecule has 4 heteroatoms. The van der Waals surface area contributed by atoms with Crippen LogP contribution in [0.15, 0.2) is 0 Å². The fourth-order valence-corrected chi connectivity index (χ4v) is 8.84. The number of aliphatic hydroxyl groups is 1. The summed E-state index contributed by atoms with van der Waals surface area (Å²) in [5, 5.41) is 13.6. The minimum Gasteiger partial charge on any atom is -0.393 e. The van der Waals surface area contributed by atoms with Crippen LogP contribution in [0.1, 0.15) is 110 Å². The summed E-state index contributed by atoms with van der Waals surface area (Å²) in [5.74, 6) is 4.12. The van der Waals surface area contributed by atoms with E-state index in [9.17, 15) is 14.7 Å². The van der Waals surface area contributed by atoms with Crippen LogP contribution in [0.3, 0.4) is 0 Å². The number of rotatable bonds is 8. The van der Waals surface area contributed by atoms with Crippen LogP contribution < -0.4 is 5.32 Å². The van der Waals surface area contributed by atoms with Gasteiger partial charge in [-0.2, -0.15) is 0 Å². The predicted molar refractivity (Wildman–Crippen MR) is 128 cm³/mol. The van der Waals surface area contributed by atoms with E-state index < -0.39 is 0 Å². The highest BCUT2D eigenvalue weighted by Gasteiger charge is 2.62. The average molecular weight is 446 g/mol. The van der Waals surface area contributed by atoms with Gasteiger partial charge in [0.05, 0.1) is 6.10 Å². The van der Waals surface area contributed by atoms with E-state index in [1.54, 1.807) is 7.05 Å². The van der Waals surface area contributed by atoms with Crippen molar-refractivity contribution < 1.29 is 14.7 Å². The molecule has 0 bridgehead atoms. The summed E-state index contributed by atoms with van der Waals surface area (Å²) in [6, 6.07) is 0. The quantitative estimate of drug-likeness (QED) is 0.474. The molecule has 2 N–H and O–H groups in total. The molecule has 0 aromatic heterocycles. The lowest BCUT2D eigenvalue weighted by atomic mass is 9.42. The molecule has 0 heterocycles. The average Bonchev–Trinajstić information content (AvgIpc) is 3.08.